The van der Waals surface area contributed by atoms with Crippen LogP contribution in [0, 0.1) is 0 Å². The zero-order valence-corrected chi connectivity index (χ0v) is 19.7. The average molecular weight is 465 g/mol. The van der Waals surface area contributed by atoms with Crippen molar-refractivity contribution in [3.63, 3.8) is 0 Å². The van der Waals surface area contributed by atoms with Crippen LogP contribution in [0.15, 0.2) is 65.0 Å². The molecule has 1 aliphatic rings. The number of unbranched alkanes of at least 4 members (excludes halogenated alkanes) is 1. The summed E-state index contributed by atoms with van der Waals surface area (Å²) >= 11 is 1.51. The maximum atomic E-state index is 6.03. The molecular formula is C25H32N6OS. The van der Waals surface area contributed by atoms with Gasteiger partial charge in [-0.3, -0.25) is 0 Å². The van der Waals surface area contributed by atoms with Gasteiger partial charge in [0.1, 0.15) is 5.75 Å². The van der Waals surface area contributed by atoms with Crippen molar-refractivity contribution in [3.8, 4) is 17.0 Å². The second-order valence-electron chi connectivity index (χ2n) is 8.03. The normalized spacial score (nSPS) is 14.8. The monoisotopic (exact) mass is 464 g/mol. The van der Waals surface area contributed by atoms with Crippen LogP contribution in [-0.4, -0.2) is 55.2 Å². The lowest BCUT2D eigenvalue weighted by molar-refractivity contribution is 0.226. The Morgan fingerprint density at radius 1 is 1.12 bits per heavy atom. The molecule has 0 saturated carbocycles. The Morgan fingerprint density at radius 3 is 2.82 bits per heavy atom. The summed E-state index contributed by atoms with van der Waals surface area (Å²) in [5.74, 6) is 1.23. The number of benzene rings is 2. The zero-order valence-electron chi connectivity index (χ0n) is 18.9. The SMILES string of the molecule is NC(=NCc1ccccc1)Nc1nc(-c2cccc(OCCCCN3CCNCC3)c2)cs1. The molecule has 1 fully saturated rings. The van der Waals surface area contributed by atoms with Crippen LogP contribution in [0.4, 0.5) is 5.13 Å². The minimum Gasteiger partial charge on any atom is -0.494 e. The molecule has 4 N–H and O–H groups in total. The fourth-order valence-corrected chi connectivity index (χ4v) is 4.41. The molecule has 0 atom stereocenters. The van der Waals surface area contributed by atoms with Gasteiger partial charge in [-0.1, -0.05) is 42.5 Å². The summed E-state index contributed by atoms with van der Waals surface area (Å²) in [6.07, 6.45) is 2.22. The number of thiazole rings is 1. The molecule has 0 bridgehead atoms. The highest BCUT2D eigenvalue weighted by Gasteiger charge is 2.09. The van der Waals surface area contributed by atoms with Crippen molar-refractivity contribution in [2.24, 2.45) is 10.7 Å². The molecule has 0 spiro atoms. The summed E-state index contributed by atoms with van der Waals surface area (Å²) in [7, 11) is 0. The van der Waals surface area contributed by atoms with Crippen molar-refractivity contribution >= 4 is 22.4 Å². The first-order valence-electron chi connectivity index (χ1n) is 11.5. The fraction of sp³-hybridized carbons (Fsp3) is 0.360. The molecule has 1 aliphatic heterocycles. The van der Waals surface area contributed by atoms with E-state index in [0.29, 0.717) is 12.5 Å². The molecule has 3 aromatic rings. The standard InChI is InChI=1S/C25H32N6OS/c26-24(28-18-20-7-2-1-3-8-20)30-25-29-23(19-33-25)21-9-6-10-22(17-21)32-16-5-4-13-31-14-11-27-12-15-31/h1-3,6-10,17,19,27H,4-5,11-16,18H2,(H3,26,28,29,30). The first-order valence-corrected chi connectivity index (χ1v) is 12.4. The Balaban J connectivity index is 1.24. The van der Waals surface area contributed by atoms with Crippen molar-refractivity contribution in [1.82, 2.24) is 15.2 Å². The largest absolute Gasteiger partial charge is 0.494 e. The number of nitrogens with zero attached hydrogens (tertiary/aromatic N) is 3. The zero-order chi connectivity index (χ0) is 22.7. The molecule has 2 aromatic carbocycles. The number of hydrogen-bond donors (Lipinski definition) is 3. The molecule has 8 heteroatoms. The summed E-state index contributed by atoms with van der Waals surface area (Å²) in [5.41, 5.74) is 9.06. The summed E-state index contributed by atoms with van der Waals surface area (Å²) in [4.78, 5) is 11.6. The molecule has 0 radical (unpaired) electrons. The van der Waals surface area contributed by atoms with Crippen LogP contribution in [0.25, 0.3) is 11.3 Å². The average Bonchev–Trinajstić information content (AvgIpc) is 3.32. The van der Waals surface area contributed by atoms with Crippen LogP contribution in [0.3, 0.4) is 0 Å². The van der Waals surface area contributed by atoms with Gasteiger partial charge in [-0.15, -0.1) is 11.3 Å². The van der Waals surface area contributed by atoms with Crippen molar-refractivity contribution in [2.45, 2.75) is 19.4 Å². The topological polar surface area (TPSA) is 87.8 Å². The van der Waals surface area contributed by atoms with E-state index in [1.54, 1.807) is 0 Å². The van der Waals surface area contributed by atoms with E-state index >= 15 is 0 Å². The molecule has 0 amide bonds. The summed E-state index contributed by atoms with van der Waals surface area (Å²) < 4.78 is 5.99. The lowest BCUT2D eigenvalue weighted by Crippen LogP contribution is -2.43. The van der Waals surface area contributed by atoms with Crippen LogP contribution in [-0.2, 0) is 6.54 Å². The minimum absolute atomic E-state index is 0.359. The molecule has 33 heavy (non-hydrogen) atoms. The molecular weight excluding hydrogens is 432 g/mol. The number of anilines is 1. The molecule has 174 valence electrons. The number of guanidine groups is 1. The second-order valence-corrected chi connectivity index (χ2v) is 8.88. The van der Waals surface area contributed by atoms with Gasteiger partial charge in [0.05, 0.1) is 18.8 Å². The Morgan fingerprint density at radius 2 is 1.97 bits per heavy atom. The van der Waals surface area contributed by atoms with E-state index in [1.165, 1.54) is 11.3 Å². The van der Waals surface area contributed by atoms with E-state index in [1.807, 2.05) is 60.0 Å². The van der Waals surface area contributed by atoms with Crippen molar-refractivity contribution < 1.29 is 4.74 Å². The summed E-state index contributed by atoms with van der Waals surface area (Å²) in [5, 5.41) is 9.21. The lowest BCUT2D eigenvalue weighted by atomic mass is 10.1. The highest BCUT2D eigenvalue weighted by molar-refractivity contribution is 7.14. The van der Waals surface area contributed by atoms with E-state index < -0.39 is 0 Å². The van der Waals surface area contributed by atoms with Gasteiger partial charge in [0.2, 0.25) is 0 Å². The molecule has 1 saturated heterocycles. The van der Waals surface area contributed by atoms with E-state index in [0.717, 1.165) is 79.9 Å². The van der Waals surface area contributed by atoms with E-state index in [9.17, 15) is 0 Å². The van der Waals surface area contributed by atoms with Gasteiger partial charge in [-0.2, -0.15) is 0 Å². The molecule has 0 unspecified atom stereocenters. The van der Waals surface area contributed by atoms with Crippen LogP contribution in [0.5, 0.6) is 5.75 Å². The number of aromatic nitrogens is 1. The molecule has 7 nitrogen and oxygen atoms in total. The number of nitrogens with two attached hydrogens (primary N) is 1. The van der Waals surface area contributed by atoms with Gasteiger partial charge in [0, 0.05) is 37.1 Å². The quantitative estimate of drug-likeness (QED) is 0.240. The third-order valence-corrected chi connectivity index (χ3v) is 6.25. The van der Waals surface area contributed by atoms with Crippen LogP contribution >= 0.6 is 11.3 Å². The summed E-state index contributed by atoms with van der Waals surface area (Å²) in [6.45, 7) is 6.92. The van der Waals surface area contributed by atoms with E-state index in [2.05, 4.69) is 25.5 Å². The first-order chi connectivity index (χ1) is 16.3. The maximum Gasteiger partial charge on any atom is 0.195 e. The molecule has 2 heterocycles. The van der Waals surface area contributed by atoms with Gasteiger partial charge in [-0.05, 0) is 37.1 Å². The van der Waals surface area contributed by atoms with Crippen LogP contribution < -0.4 is 21.1 Å². The van der Waals surface area contributed by atoms with Gasteiger partial charge in [-0.25, -0.2) is 9.98 Å². The number of aliphatic imine (C=N–C) groups is 1. The van der Waals surface area contributed by atoms with Gasteiger partial charge in [0.25, 0.3) is 0 Å². The lowest BCUT2D eigenvalue weighted by Gasteiger charge is -2.26. The van der Waals surface area contributed by atoms with Crippen molar-refractivity contribution in [2.75, 3.05) is 44.6 Å². The second kappa shape index (κ2) is 12.3. The highest BCUT2D eigenvalue weighted by atomic mass is 32.1. The van der Waals surface area contributed by atoms with Gasteiger partial charge in [0.15, 0.2) is 11.1 Å². The number of nitrogens with one attached hydrogen (secondary N) is 2. The highest BCUT2D eigenvalue weighted by Crippen LogP contribution is 2.27. The Hall–Kier alpha value is -2.94. The molecule has 0 aliphatic carbocycles. The molecule has 4 rings (SSSR count). The smallest absolute Gasteiger partial charge is 0.195 e. The third kappa shape index (κ3) is 7.56. The molecule has 1 aromatic heterocycles. The predicted octanol–water partition coefficient (Wildman–Crippen LogP) is 3.80. The Kier molecular flexibility index (Phi) is 8.69. The van der Waals surface area contributed by atoms with Crippen molar-refractivity contribution in [3.05, 3.63) is 65.5 Å². The third-order valence-electron chi connectivity index (χ3n) is 5.49. The van der Waals surface area contributed by atoms with Gasteiger partial charge < -0.3 is 26.0 Å². The maximum absolute atomic E-state index is 6.03. The van der Waals surface area contributed by atoms with Crippen LogP contribution in [0.2, 0.25) is 0 Å². The number of piperazine rings is 1. The Bertz CT molecular complexity index is 1020. The number of hydrogen-bond acceptors (Lipinski definition) is 6. The van der Waals surface area contributed by atoms with E-state index in [4.69, 9.17) is 10.5 Å². The summed E-state index contributed by atoms with van der Waals surface area (Å²) in [6, 6.07) is 18.1. The first kappa shape index (κ1) is 23.2. The van der Waals surface area contributed by atoms with Gasteiger partial charge >= 0.3 is 0 Å². The van der Waals surface area contributed by atoms with Crippen molar-refractivity contribution in [1.29, 1.82) is 0 Å². The Labute approximate surface area is 199 Å². The fourth-order valence-electron chi connectivity index (χ4n) is 3.68. The van der Waals surface area contributed by atoms with E-state index in [-0.39, 0.29) is 0 Å². The predicted molar refractivity (Wildman–Crippen MR) is 137 cm³/mol. The number of ether oxygens (including phenoxy) is 1. The number of rotatable bonds is 10. The van der Waals surface area contributed by atoms with Crippen LogP contribution in [0.1, 0.15) is 18.4 Å². The minimum atomic E-state index is 0.359.